The second-order valence-corrected chi connectivity index (χ2v) is 5.37. The van der Waals surface area contributed by atoms with E-state index < -0.39 is 6.03 Å². The van der Waals surface area contributed by atoms with Gasteiger partial charge in [-0.1, -0.05) is 6.07 Å². The van der Waals surface area contributed by atoms with E-state index in [0.717, 1.165) is 37.6 Å². The summed E-state index contributed by atoms with van der Waals surface area (Å²) in [6.45, 7) is 5.77. The first-order valence-electron chi connectivity index (χ1n) is 7.81. The smallest absolute Gasteiger partial charge is 0.321 e. The quantitative estimate of drug-likeness (QED) is 0.834. The molecule has 1 aliphatic heterocycles. The van der Waals surface area contributed by atoms with Crippen LogP contribution in [0.5, 0.6) is 5.75 Å². The van der Waals surface area contributed by atoms with E-state index in [1.54, 1.807) is 7.11 Å². The predicted molar refractivity (Wildman–Crippen MR) is 88.9 cm³/mol. The molecule has 1 aliphatic rings. The minimum Gasteiger partial charge on any atom is -0.497 e. The summed E-state index contributed by atoms with van der Waals surface area (Å²) < 4.78 is 5.25. The molecule has 0 saturated carbocycles. The Hall–Kier alpha value is -2.28. The SMILES string of the molecule is CCNC(=O)NC(=O)CN1CCN(c2cccc(OC)c2)CC1. The van der Waals surface area contributed by atoms with Crippen molar-refractivity contribution in [1.82, 2.24) is 15.5 Å². The van der Waals surface area contributed by atoms with Crippen molar-refractivity contribution in [3.63, 3.8) is 0 Å². The van der Waals surface area contributed by atoms with Gasteiger partial charge in [-0.15, -0.1) is 0 Å². The van der Waals surface area contributed by atoms with E-state index in [0.29, 0.717) is 6.54 Å². The number of amides is 3. The van der Waals surface area contributed by atoms with E-state index in [9.17, 15) is 9.59 Å². The first-order chi connectivity index (χ1) is 11.1. The van der Waals surface area contributed by atoms with Gasteiger partial charge in [-0.2, -0.15) is 0 Å². The normalized spacial score (nSPS) is 15.1. The molecule has 1 aromatic carbocycles. The van der Waals surface area contributed by atoms with Gasteiger partial charge in [0.1, 0.15) is 5.75 Å². The minimum absolute atomic E-state index is 0.239. The van der Waals surface area contributed by atoms with E-state index in [4.69, 9.17) is 4.74 Å². The highest BCUT2D eigenvalue weighted by atomic mass is 16.5. The van der Waals surface area contributed by atoms with Crippen molar-refractivity contribution < 1.29 is 14.3 Å². The lowest BCUT2D eigenvalue weighted by Gasteiger charge is -2.35. The third-order valence-electron chi connectivity index (χ3n) is 3.75. The van der Waals surface area contributed by atoms with Gasteiger partial charge in [-0.3, -0.25) is 15.0 Å². The molecule has 7 nitrogen and oxygen atoms in total. The third-order valence-corrected chi connectivity index (χ3v) is 3.75. The molecule has 1 aromatic rings. The zero-order valence-corrected chi connectivity index (χ0v) is 13.7. The van der Waals surface area contributed by atoms with Gasteiger partial charge in [0.25, 0.3) is 0 Å². The number of rotatable bonds is 5. The molecule has 1 fully saturated rings. The molecule has 1 saturated heterocycles. The predicted octanol–water partition coefficient (Wildman–Crippen LogP) is 0.663. The number of anilines is 1. The van der Waals surface area contributed by atoms with E-state index >= 15 is 0 Å². The van der Waals surface area contributed by atoms with E-state index in [-0.39, 0.29) is 12.5 Å². The van der Waals surface area contributed by atoms with Crippen molar-refractivity contribution in [2.24, 2.45) is 0 Å². The zero-order valence-electron chi connectivity index (χ0n) is 13.7. The fourth-order valence-corrected chi connectivity index (χ4v) is 2.55. The van der Waals surface area contributed by atoms with Crippen LogP contribution in [0.3, 0.4) is 0 Å². The van der Waals surface area contributed by atoms with Crippen molar-refractivity contribution in [1.29, 1.82) is 0 Å². The number of imide groups is 1. The maximum atomic E-state index is 11.8. The minimum atomic E-state index is -0.437. The summed E-state index contributed by atoms with van der Waals surface area (Å²) in [7, 11) is 1.66. The molecule has 3 amide bonds. The molecule has 2 N–H and O–H groups in total. The van der Waals surface area contributed by atoms with Crippen LogP contribution in [-0.2, 0) is 4.79 Å². The topological polar surface area (TPSA) is 73.9 Å². The Labute approximate surface area is 136 Å². The van der Waals surface area contributed by atoms with Crippen LogP contribution in [0.4, 0.5) is 10.5 Å². The van der Waals surface area contributed by atoms with Gasteiger partial charge in [-0.25, -0.2) is 4.79 Å². The van der Waals surface area contributed by atoms with E-state index in [2.05, 4.69) is 21.6 Å². The lowest BCUT2D eigenvalue weighted by molar-refractivity contribution is -0.121. The lowest BCUT2D eigenvalue weighted by Crippen LogP contribution is -2.51. The van der Waals surface area contributed by atoms with Crippen LogP contribution in [0.15, 0.2) is 24.3 Å². The van der Waals surface area contributed by atoms with Gasteiger partial charge in [0.05, 0.1) is 13.7 Å². The number of ether oxygens (including phenoxy) is 1. The average molecular weight is 320 g/mol. The number of hydrogen-bond acceptors (Lipinski definition) is 5. The van der Waals surface area contributed by atoms with Gasteiger partial charge in [0.15, 0.2) is 0 Å². The third kappa shape index (κ3) is 5.14. The van der Waals surface area contributed by atoms with Crippen LogP contribution >= 0.6 is 0 Å². The highest BCUT2D eigenvalue weighted by molar-refractivity contribution is 5.95. The van der Waals surface area contributed by atoms with Crippen LogP contribution in [0.2, 0.25) is 0 Å². The van der Waals surface area contributed by atoms with Crippen molar-refractivity contribution in [3.05, 3.63) is 24.3 Å². The summed E-state index contributed by atoms with van der Waals surface area (Å²) in [6.07, 6.45) is 0. The number of benzene rings is 1. The molecule has 0 atom stereocenters. The first-order valence-corrected chi connectivity index (χ1v) is 7.81. The maximum absolute atomic E-state index is 11.8. The molecular formula is C16H24N4O3. The summed E-state index contributed by atoms with van der Waals surface area (Å²) in [5.74, 6) is 0.567. The Kier molecular flexibility index (Phi) is 6.22. The van der Waals surface area contributed by atoms with Crippen molar-refractivity contribution in [2.75, 3.05) is 51.3 Å². The number of nitrogens with one attached hydrogen (secondary N) is 2. The number of urea groups is 1. The summed E-state index contributed by atoms with van der Waals surface area (Å²) in [6, 6.07) is 7.52. The summed E-state index contributed by atoms with van der Waals surface area (Å²) in [5, 5.41) is 4.87. The fraction of sp³-hybridized carbons (Fsp3) is 0.500. The average Bonchev–Trinajstić information content (AvgIpc) is 2.55. The number of nitrogens with zero attached hydrogens (tertiary/aromatic N) is 2. The van der Waals surface area contributed by atoms with Crippen LogP contribution in [-0.4, -0.2) is 63.2 Å². The molecule has 0 unspecified atom stereocenters. The van der Waals surface area contributed by atoms with Crippen molar-refractivity contribution in [2.45, 2.75) is 6.92 Å². The molecule has 0 spiro atoms. The van der Waals surface area contributed by atoms with E-state index in [1.807, 2.05) is 30.0 Å². The maximum Gasteiger partial charge on any atom is 0.321 e. The number of methoxy groups -OCH3 is 1. The Bertz CT molecular complexity index is 542. The first kappa shape index (κ1) is 17.1. The monoisotopic (exact) mass is 320 g/mol. The number of hydrogen-bond donors (Lipinski definition) is 2. The lowest BCUT2D eigenvalue weighted by atomic mass is 10.2. The summed E-state index contributed by atoms with van der Waals surface area (Å²) in [4.78, 5) is 27.4. The molecule has 1 heterocycles. The molecule has 126 valence electrons. The van der Waals surface area contributed by atoms with Gasteiger partial charge < -0.3 is 15.0 Å². The van der Waals surface area contributed by atoms with Crippen molar-refractivity contribution in [3.8, 4) is 5.75 Å². The molecule has 7 heteroatoms. The highest BCUT2D eigenvalue weighted by Gasteiger charge is 2.20. The fourth-order valence-electron chi connectivity index (χ4n) is 2.55. The van der Waals surface area contributed by atoms with Crippen molar-refractivity contribution >= 4 is 17.6 Å². The molecular weight excluding hydrogens is 296 g/mol. The molecule has 0 aromatic heterocycles. The van der Waals surface area contributed by atoms with Crippen LogP contribution < -0.4 is 20.3 Å². The summed E-state index contributed by atoms with van der Waals surface area (Å²) >= 11 is 0. The molecule has 23 heavy (non-hydrogen) atoms. The largest absolute Gasteiger partial charge is 0.497 e. The second-order valence-electron chi connectivity index (χ2n) is 5.37. The number of carbonyl (C=O) groups excluding carboxylic acids is 2. The standard InChI is InChI=1S/C16H24N4O3/c1-3-17-16(22)18-15(21)12-19-7-9-20(10-8-19)13-5-4-6-14(11-13)23-2/h4-6,11H,3,7-10,12H2,1-2H3,(H2,17,18,21,22). The van der Waals surface area contributed by atoms with Gasteiger partial charge >= 0.3 is 6.03 Å². The zero-order chi connectivity index (χ0) is 16.7. The van der Waals surface area contributed by atoms with Crippen LogP contribution in [0, 0.1) is 0 Å². The van der Waals surface area contributed by atoms with Gasteiger partial charge in [0, 0.05) is 44.5 Å². The second kappa shape index (κ2) is 8.38. The van der Waals surface area contributed by atoms with Crippen LogP contribution in [0.25, 0.3) is 0 Å². The Morgan fingerprint density at radius 1 is 1.22 bits per heavy atom. The van der Waals surface area contributed by atoms with Gasteiger partial charge in [-0.05, 0) is 19.1 Å². The Morgan fingerprint density at radius 3 is 2.61 bits per heavy atom. The van der Waals surface area contributed by atoms with E-state index in [1.165, 1.54) is 0 Å². The molecule has 2 rings (SSSR count). The Balaban J connectivity index is 1.79. The summed E-state index contributed by atoms with van der Waals surface area (Å²) in [5.41, 5.74) is 1.12. The number of piperazine rings is 1. The molecule has 0 bridgehead atoms. The number of carbonyl (C=O) groups is 2. The molecule has 0 aliphatic carbocycles. The Morgan fingerprint density at radius 2 is 1.96 bits per heavy atom. The molecule has 0 radical (unpaired) electrons. The van der Waals surface area contributed by atoms with Gasteiger partial charge in [0.2, 0.25) is 5.91 Å². The highest BCUT2D eigenvalue weighted by Crippen LogP contribution is 2.21. The van der Waals surface area contributed by atoms with Crippen LogP contribution in [0.1, 0.15) is 6.92 Å².